The van der Waals surface area contributed by atoms with Crippen molar-refractivity contribution in [2.75, 3.05) is 5.32 Å². The van der Waals surface area contributed by atoms with Crippen LogP contribution in [-0.4, -0.2) is 35.3 Å². The van der Waals surface area contributed by atoms with Crippen LogP contribution < -0.4 is 5.32 Å². The topological polar surface area (TPSA) is 96.4 Å². The molecule has 2 N–H and O–H groups in total. The number of pyridine rings is 1. The first kappa shape index (κ1) is 25.8. The van der Waals surface area contributed by atoms with E-state index in [2.05, 4.69) is 10.3 Å². The molecule has 2 saturated carbocycles. The van der Waals surface area contributed by atoms with Gasteiger partial charge in [0.15, 0.2) is 21.5 Å². The number of sulfone groups is 1. The number of hydrogen-bond acceptors (Lipinski definition) is 5. The minimum Gasteiger partial charge on any atom is -0.390 e. The number of carbonyl (C=O) groups is 1. The zero-order valence-electron chi connectivity index (χ0n) is 19.9. The average molecular weight is 547 g/mol. The summed E-state index contributed by atoms with van der Waals surface area (Å²) in [6, 6.07) is 10.6. The molecule has 1 amide bonds. The van der Waals surface area contributed by atoms with Gasteiger partial charge in [-0.15, -0.1) is 0 Å². The molecule has 2 aliphatic carbocycles. The van der Waals surface area contributed by atoms with Crippen LogP contribution in [0, 0.1) is 23.5 Å². The highest BCUT2D eigenvalue weighted by Crippen LogP contribution is 2.52. The Labute approximate surface area is 218 Å². The normalized spacial score (nSPS) is 25.2. The summed E-state index contributed by atoms with van der Waals surface area (Å²) in [4.78, 5) is 17.4. The number of aliphatic hydroxyl groups is 1. The number of halogens is 3. The zero-order valence-corrected chi connectivity index (χ0v) is 21.5. The van der Waals surface area contributed by atoms with Gasteiger partial charge < -0.3 is 10.4 Å². The Kier molecular flexibility index (Phi) is 6.58. The largest absolute Gasteiger partial charge is 0.390 e. The highest BCUT2D eigenvalue weighted by atomic mass is 35.5. The highest BCUT2D eigenvalue weighted by molar-refractivity contribution is 7.92. The molecule has 2 aliphatic rings. The lowest BCUT2D eigenvalue weighted by atomic mass is 9.76. The molecule has 0 aliphatic heterocycles. The molecule has 6 nitrogen and oxygen atoms in total. The van der Waals surface area contributed by atoms with Crippen LogP contribution in [0.2, 0.25) is 5.02 Å². The summed E-state index contributed by atoms with van der Waals surface area (Å²) in [7, 11) is -3.96. The third kappa shape index (κ3) is 4.64. The third-order valence-corrected chi connectivity index (χ3v) is 10.4. The van der Waals surface area contributed by atoms with Gasteiger partial charge in [0.05, 0.1) is 32.0 Å². The van der Waals surface area contributed by atoms with Crippen LogP contribution in [0.3, 0.4) is 0 Å². The first-order valence-electron chi connectivity index (χ1n) is 12.0. The molecule has 2 bridgehead atoms. The lowest BCUT2D eigenvalue weighted by molar-refractivity contribution is -0.0413. The lowest BCUT2D eigenvalue weighted by Gasteiger charge is -2.40. The molecule has 0 radical (unpaired) electrons. The van der Waals surface area contributed by atoms with Gasteiger partial charge in [-0.05, 0) is 80.8 Å². The van der Waals surface area contributed by atoms with Crippen molar-refractivity contribution in [1.82, 2.24) is 4.98 Å². The molecule has 10 heteroatoms. The molecule has 0 saturated heterocycles. The van der Waals surface area contributed by atoms with E-state index in [9.17, 15) is 27.1 Å². The third-order valence-electron chi connectivity index (χ3n) is 7.79. The predicted octanol–water partition coefficient (Wildman–Crippen LogP) is 5.65. The fraction of sp³-hybridized carbons (Fsp3) is 0.333. The van der Waals surface area contributed by atoms with Crippen molar-refractivity contribution >= 4 is 33.0 Å². The molecule has 0 spiro atoms. The second-order valence-electron chi connectivity index (χ2n) is 9.96. The summed E-state index contributed by atoms with van der Waals surface area (Å²) >= 11 is 6.52. The van der Waals surface area contributed by atoms with Crippen molar-refractivity contribution in [3.8, 4) is 11.3 Å². The van der Waals surface area contributed by atoms with Gasteiger partial charge in [0, 0.05) is 23.5 Å². The van der Waals surface area contributed by atoms with Crippen LogP contribution in [0.1, 0.15) is 43.0 Å². The number of anilines is 1. The van der Waals surface area contributed by atoms with Crippen molar-refractivity contribution in [2.45, 2.75) is 48.4 Å². The van der Waals surface area contributed by atoms with Gasteiger partial charge in [-0.2, -0.15) is 0 Å². The smallest absolute Gasteiger partial charge is 0.256 e. The van der Waals surface area contributed by atoms with Crippen LogP contribution in [-0.2, 0) is 9.84 Å². The van der Waals surface area contributed by atoms with Gasteiger partial charge in [0.25, 0.3) is 5.91 Å². The average Bonchev–Trinajstić information content (AvgIpc) is 3.02. The number of benzene rings is 2. The summed E-state index contributed by atoms with van der Waals surface area (Å²) in [5.41, 5.74) is -0.251. The molecular weight excluding hydrogens is 522 g/mol. The summed E-state index contributed by atoms with van der Waals surface area (Å²) in [6.45, 7) is 1.77. The fourth-order valence-corrected chi connectivity index (χ4v) is 8.09. The first-order valence-corrected chi connectivity index (χ1v) is 13.9. The minimum atomic E-state index is -3.96. The van der Waals surface area contributed by atoms with Crippen LogP contribution in [0.4, 0.5) is 14.5 Å². The van der Waals surface area contributed by atoms with E-state index < -0.39 is 38.2 Å². The summed E-state index contributed by atoms with van der Waals surface area (Å²) in [5, 5.41) is 12.5. The SMILES string of the molecule is C[C@@]1(O)C2CC[C@H]1C[C@H](S(=O)(=O)c1cc(C(=O)Nc3ccc(F)c(F)c3)c(-c3ccccn3)cc1Cl)C2. The van der Waals surface area contributed by atoms with Gasteiger partial charge in [-0.1, -0.05) is 17.7 Å². The number of carbonyl (C=O) groups excluding carboxylic acids is 1. The molecule has 1 unspecified atom stereocenters. The van der Waals surface area contributed by atoms with Gasteiger partial charge in [-0.25, -0.2) is 17.2 Å². The van der Waals surface area contributed by atoms with E-state index in [1.807, 2.05) is 0 Å². The Morgan fingerprint density at radius 3 is 2.41 bits per heavy atom. The molecule has 3 aromatic rings. The van der Waals surface area contributed by atoms with Crippen LogP contribution in [0.25, 0.3) is 11.3 Å². The molecule has 2 aromatic carbocycles. The summed E-state index contributed by atoms with van der Waals surface area (Å²) in [5.74, 6) is -3.19. The number of amides is 1. The maximum atomic E-state index is 13.8. The van der Waals surface area contributed by atoms with E-state index in [4.69, 9.17) is 11.6 Å². The van der Waals surface area contributed by atoms with Crippen molar-refractivity contribution < 1.29 is 27.1 Å². The highest BCUT2D eigenvalue weighted by Gasteiger charge is 2.53. The minimum absolute atomic E-state index is 0.00122. The number of aromatic nitrogens is 1. The van der Waals surface area contributed by atoms with E-state index in [1.54, 1.807) is 25.1 Å². The van der Waals surface area contributed by atoms with E-state index in [-0.39, 0.29) is 38.6 Å². The molecule has 37 heavy (non-hydrogen) atoms. The Morgan fingerprint density at radius 2 is 1.78 bits per heavy atom. The van der Waals surface area contributed by atoms with Crippen LogP contribution >= 0.6 is 11.6 Å². The maximum absolute atomic E-state index is 13.8. The number of nitrogens with zero attached hydrogens (tertiary/aromatic N) is 1. The summed E-state index contributed by atoms with van der Waals surface area (Å²) < 4.78 is 54.7. The lowest BCUT2D eigenvalue weighted by Crippen LogP contribution is -2.45. The van der Waals surface area contributed by atoms with Crippen molar-refractivity contribution in [3.05, 3.63) is 76.9 Å². The number of rotatable bonds is 5. The molecule has 2 fully saturated rings. The molecule has 5 rings (SSSR count). The van der Waals surface area contributed by atoms with Crippen LogP contribution in [0.5, 0.6) is 0 Å². The number of hydrogen-bond donors (Lipinski definition) is 2. The zero-order chi connectivity index (χ0) is 26.5. The Morgan fingerprint density at radius 1 is 1.08 bits per heavy atom. The second-order valence-corrected chi connectivity index (χ2v) is 12.6. The van der Waals surface area contributed by atoms with Gasteiger partial charge in [0.1, 0.15) is 0 Å². The molecule has 4 atom stereocenters. The maximum Gasteiger partial charge on any atom is 0.256 e. The Bertz CT molecular complexity index is 1470. The number of nitrogens with one attached hydrogen (secondary N) is 1. The van der Waals surface area contributed by atoms with Crippen molar-refractivity contribution in [2.24, 2.45) is 11.8 Å². The monoisotopic (exact) mass is 546 g/mol. The quantitative estimate of drug-likeness (QED) is 0.431. The molecule has 1 heterocycles. The molecule has 194 valence electrons. The van der Waals surface area contributed by atoms with Gasteiger partial charge in [0.2, 0.25) is 0 Å². The second kappa shape index (κ2) is 9.45. The standard InChI is InChI=1S/C27H25ClF2N2O4S/c1-27(34)15-5-6-16(27)11-18(10-15)37(35,36)25-14-20(19(13-21(25)28)24-4-2-3-9-31-24)26(33)32-17-7-8-22(29)23(30)12-17/h2-4,7-9,12-16,18,34H,5-6,10-11H2,1H3,(H,32,33)/t15-,16?,18-,27-/m0/s1. The Balaban J connectivity index is 1.57. The van der Waals surface area contributed by atoms with E-state index in [1.165, 1.54) is 24.4 Å². The Hall–Kier alpha value is -2.88. The van der Waals surface area contributed by atoms with E-state index in [0.29, 0.717) is 18.5 Å². The van der Waals surface area contributed by atoms with Crippen molar-refractivity contribution in [1.29, 1.82) is 0 Å². The van der Waals surface area contributed by atoms with Gasteiger partial charge >= 0.3 is 0 Å². The van der Waals surface area contributed by atoms with Gasteiger partial charge in [-0.3, -0.25) is 9.78 Å². The van der Waals surface area contributed by atoms with E-state index in [0.717, 1.165) is 25.0 Å². The first-order chi connectivity index (χ1) is 17.5. The fourth-order valence-electron chi connectivity index (χ4n) is 5.66. The van der Waals surface area contributed by atoms with E-state index >= 15 is 0 Å². The number of fused-ring (bicyclic) bond motifs is 2. The predicted molar refractivity (Wildman–Crippen MR) is 136 cm³/mol. The molecule has 1 aromatic heterocycles. The van der Waals surface area contributed by atoms with Crippen molar-refractivity contribution in [3.63, 3.8) is 0 Å². The summed E-state index contributed by atoms with van der Waals surface area (Å²) in [6.07, 6.45) is 3.66. The van der Waals surface area contributed by atoms with Crippen LogP contribution in [0.15, 0.2) is 59.6 Å². The molecular formula is C27H25ClF2N2O4S.